The van der Waals surface area contributed by atoms with Gasteiger partial charge in [-0.2, -0.15) is 0 Å². The number of urea groups is 1. The molecule has 1 unspecified atom stereocenters. The van der Waals surface area contributed by atoms with Crippen molar-refractivity contribution in [3.63, 3.8) is 0 Å². The van der Waals surface area contributed by atoms with E-state index in [4.69, 9.17) is 0 Å². The van der Waals surface area contributed by atoms with E-state index in [9.17, 15) is 15.0 Å². The van der Waals surface area contributed by atoms with Crippen molar-refractivity contribution in [3.8, 4) is 0 Å². The summed E-state index contributed by atoms with van der Waals surface area (Å²) in [6.07, 6.45) is 0.374. The Morgan fingerprint density at radius 3 is 2.13 bits per heavy atom. The Morgan fingerprint density at radius 1 is 1.40 bits per heavy atom. The number of rotatable bonds is 4. The smallest absolute Gasteiger partial charge is 0.315 e. The Morgan fingerprint density at radius 2 is 1.87 bits per heavy atom. The number of nitrogens with one attached hydrogen (secondary N) is 2. The molecule has 4 N–H and O–H groups in total. The summed E-state index contributed by atoms with van der Waals surface area (Å²) in [6.45, 7) is 8.59. The van der Waals surface area contributed by atoms with Gasteiger partial charge in [0.05, 0.1) is 23.1 Å². The molecule has 2 amide bonds. The van der Waals surface area contributed by atoms with Crippen molar-refractivity contribution in [2.24, 2.45) is 0 Å². The van der Waals surface area contributed by atoms with Gasteiger partial charge in [-0.05, 0) is 6.92 Å². The van der Waals surface area contributed by atoms with Gasteiger partial charge in [0.1, 0.15) is 0 Å². The molecule has 0 radical (unpaired) electrons. The number of carbonyl (C=O) groups is 1. The molecule has 1 aliphatic heterocycles. The van der Waals surface area contributed by atoms with Gasteiger partial charge in [0.25, 0.3) is 0 Å². The summed E-state index contributed by atoms with van der Waals surface area (Å²) in [7, 11) is 0. The van der Waals surface area contributed by atoms with Crippen LogP contribution in [0.15, 0.2) is 24.7 Å². The molecule has 0 aliphatic carbocycles. The summed E-state index contributed by atoms with van der Waals surface area (Å²) < 4.78 is 0. The summed E-state index contributed by atoms with van der Waals surface area (Å²) in [5, 5.41) is 23.8. The third kappa shape index (κ3) is 2.43. The van der Waals surface area contributed by atoms with Crippen molar-refractivity contribution >= 4 is 6.03 Å². The number of hydrogen-bond donors (Lipinski definition) is 4. The topological polar surface area (TPSA) is 81.6 Å². The minimum absolute atomic E-state index is 0.0351. The molecule has 1 atom stereocenters. The molecule has 1 aliphatic rings. The zero-order chi connectivity index (χ0) is 11.6. The first kappa shape index (κ1) is 11.4. The fourth-order valence-corrected chi connectivity index (χ4v) is 1.89. The molecule has 0 saturated carbocycles. The maximum atomic E-state index is 11.2. The molecular weight excluding hydrogens is 196 g/mol. The van der Waals surface area contributed by atoms with Crippen molar-refractivity contribution in [2.75, 3.05) is 0 Å². The van der Waals surface area contributed by atoms with Crippen LogP contribution < -0.4 is 10.6 Å². The fraction of sp³-hybridized carbons (Fsp3) is 0.500. The molecule has 15 heavy (non-hydrogen) atoms. The Kier molecular flexibility index (Phi) is 2.93. The van der Waals surface area contributed by atoms with Gasteiger partial charge < -0.3 is 20.8 Å². The zero-order valence-electron chi connectivity index (χ0n) is 8.71. The minimum Gasteiger partial charge on any atom is -0.513 e. The molecule has 1 heterocycles. The lowest BCUT2D eigenvalue weighted by molar-refractivity contribution is 0.232. The predicted molar refractivity (Wildman–Crippen MR) is 56.6 cm³/mol. The third-order valence-electron chi connectivity index (χ3n) is 2.58. The van der Waals surface area contributed by atoms with E-state index in [1.807, 2.05) is 0 Å². The number of aliphatic hydroxyl groups excluding tert-OH is 2. The van der Waals surface area contributed by atoms with Crippen molar-refractivity contribution < 1.29 is 15.0 Å². The number of carbonyl (C=O) groups excluding carboxylic acids is 1. The van der Waals surface area contributed by atoms with Gasteiger partial charge >= 0.3 is 6.03 Å². The van der Waals surface area contributed by atoms with E-state index in [0.717, 1.165) is 0 Å². The molecule has 1 fully saturated rings. The summed E-state index contributed by atoms with van der Waals surface area (Å²) in [6, 6.07) is -0.525. The predicted octanol–water partition coefficient (Wildman–Crippen LogP) is 1.35. The molecule has 0 bridgehead atoms. The van der Waals surface area contributed by atoms with Crippen LogP contribution in [0.3, 0.4) is 0 Å². The van der Waals surface area contributed by atoms with Crippen LogP contribution in [-0.2, 0) is 0 Å². The quantitative estimate of drug-likeness (QED) is 0.531. The van der Waals surface area contributed by atoms with Crippen LogP contribution in [0.25, 0.3) is 0 Å². The number of aliphatic hydroxyl groups is 2. The van der Waals surface area contributed by atoms with Gasteiger partial charge in [-0.15, -0.1) is 0 Å². The average molecular weight is 212 g/mol. The molecule has 84 valence electrons. The second-order valence-electron chi connectivity index (χ2n) is 3.96. The maximum Gasteiger partial charge on any atom is 0.315 e. The lowest BCUT2D eigenvalue weighted by Gasteiger charge is -2.31. The normalized spacial score (nSPS) is 23.0. The number of hydrogen-bond acceptors (Lipinski definition) is 3. The molecule has 1 rings (SSSR count). The van der Waals surface area contributed by atoms with Crippen LogP contribution in [-0.4, -0.2) is 27.8 Å². The Hall–Kier alpha value is -1.65. The zero-order valence-corrected chi connectivity index (χ0v) is 8.71. The van der Waals surface area contributed by atoms with Gasteiger partial charge in [-0.3, -0.25) is 0 Å². The lowest BCUT2D eigenvalue weighted by atomic mass is 9.84. The van der Waals surface area contributed by atoms with Crippen LogP contribution in [0.2, 0.25) is 0 Å². The second kappa shape index (κ2) is 3.84. The highest BCUT2D eigenvalue weighted by atomic mass is 16.3. The lowest BCUT2D eigenvalue weighted by Crippen LogP contribution is -2.48. The van der Waals surface area contributed by atoms with Crippen LogP contribution >= 0.6 is 0 Å². The van der Waals surface area contributed by atoms with Crippen molar-refractivity contribution in [1.29, 1.82) is 0 Å². The average Bonchev–Trinajstić information content (AvgIpc) is 2.22. The highest BCUT2D eigenvalue weighted by Crippen LogP contribution is 2.28. The largest absolute Gasteiger partial charge is 0.513 e. The van der Waals surface area contributed by atoms with E-state index in [0.29, 0.717) is 0 Å². The SMILES string of the molecule is C=C(O)CC1(CC(=C)O)NC(=O)NC1C. The van der Waals surface area contributed by atoms with E-state index in [1.165, 1.54) is 0 Å². The third-order valence-corrected chi connectivity index (χ3v) is 2.58. The van der Waals surface area contributed by atoms with Crippen molar-refractivity contribution in [1.82, 2.24) is 10.6 Å². The monoisotopic (exact) mass is 212 g/mol. The standard InChI is InChI=1S/C10H16N2O3/c1-6(13)4-10(5-7(2)14)8(3)11-9(15)12-10/h8,13-14H,1-2,4-5H2,3H3,(H2,11,12,15). The van der Waals surface area contributed by atoms with Crippen molar-refractivity contribution in [3.05, 3.63) is 24.7 Å². The maximum absolute atomic E-state index is 11.2. The van der Waals surface area contributed by atoms with Gasteiger partial charge in [-0.25, -0.2) is 4.79 Å². The fourth-order valence-electron chi connectivity index (χ4n) is 1.89. The van der Waals surface area contributed by atoms with Gasteiger partial charge in [0.2, 0.25) is 0 Å². The molecular formula is C10H16N2O3. The summed E-state index contributed by atoms with van der Waals surface area (Å²) in [5.41, 5.74) is -0.741. The van der Waals surface area contributed by atoms with Gasteiger partial charge in [0, 0.05) is 12.8 Å². The van der Waals surface area contributed by atoms with E-state index in [2.05, 4.69) is 23.8 Å². The highest BCUT2D eigenvalue weighted by molar-refractivity contribution is 5.78. The van der Waals surface area contributed by atoms with Gasteiger partial charge in [-0.1, -0.05) is 13.2 Å². The molecule has 0 aromatic heterocycles. The molecule has 0 aromatic rings. The minimum atomic E-state index is -0.741. The molecule has 5 heteroatoms. The van der Waals surface area contributed by atoms with Gasteiger partial charge in [0.15, 0.2) is 0 Å². The first-order chi connectivity index (χ1) is 6.85. The summed E-state index contributed by atoms with van der Waals surface area (Å²) in [4.78, 5) is 11.2. The highest BCUT2D eigenvalue weighted by Gasteiger charge is 2.44. The Bertz CT molecular complexity index is 296. The molecule has 0 aromatic carbocycles. The van der Waals surface area contributed by atoms with E-state index < -0.39 is 5.54 Å². The van der Waals surface area contributed by atoms with E-state index in [-0.39, 0.29) is 36.4 Å². The molecule has 0 spiro atoms. The van der Waals surface area contributed by atoms with Crippen molar-refractivity contribution in [2.45, 2.75) is 31.3 Å². The first-order valence-electron chi connectivity index (χ1n) is 4.68. The first-order valence-corrected chi connectivity index (χ1v) is 4.68. The Balaban J connectivity index is 2.90. The summed E-state index contributed by atoms with van der Waals surface area (Å²) in [5.74, 6) is -0.0702. The van der Waals surface area contributed by atoms with E-state index in [1.54, 1.807) is 6.92 Å². The van der Waals surface area contributed by atoms with Crippen LogP contribution in [0, 0.1) is 0 Å². The molecule has 5 nitrogen and oxygen atoms in total. The van der Waals surface area contributed by atoms with E-state index >= 15 is 0 Å². The second-order valence-corrected chi connectivity index (χ2v) is 3.96. The summed E-state index contributed by atoms with van der Waals surface area (Å²) >= 11 is 0. The van der Waals surface area contributed by atoms with Crippen LogP contribution in [0.1, 0.15) is 19.8 Å². The number of amides is 2. The van der Waals surface area contributed by atoms with Crippen LogP contribution in [0.4, 0.5) is 4.79 Å². The van der Waals surface area contributed by atoms with Crippen LogP contribution in [0.5, 0.6) is 0 Å². The molecule has 1 saturated heterocycles. The Labute approximate surface area is 88.5 Å².